The fourth-order valence-electron chi connectivity index (χ4n) is 1.33. The summed E-state index contributed by atoms with van der Waals surface area (Å²) >= 11 is 5.10. The van der Waals surface area contributed by atoms with E-state index in [9.17, 15) is 4.39 Å². The SMILES string of the molecule is COCCCNC(=S)Nc1ccc(F)c(OC)c1. The number of hydrogen-bond donors (Lipinski definition) is 2. The van der Waals surface area contributed by atoms with Gasteiger partial charge in [-0.1, -0.05) is 0 Å². The lowest BCUT2D eigenvalue weighted by Gasteiger charge is -2.11. The molecule has 2 N–H and O–H groups in total. The van der Waals surface area contributed by atoms with Crippen LogP contribution in [0, 0.1) is 5.82 Å². The van der Waals surface area contributed by atoms with Gasteiger partial charge in [-0.05, 0) is 30.8 Å². The fourth-order valence-corrected chi connectivity index (χ4v) is 1.55. The first kappa shape index (κ1) is 14.7. The molecule has 6 heteroatoms. The zero-order chi connectivity index (χ0) is 13.4. The van der Waals surface area contributed by atoms with Gasteiger partial charge in [0, 0.05) is 32.0 Å². The number of methoxy groups -OCH3 is 2. The third-order valence-corrected chi connectivity index (χ3v) is 2.47. The van der Waals surface area contributed by atoms with Crippen LogP contribution in [0.1, 0.15) is 6.42 Å². The summed E-state index contributed by atoms with van der Waals surface area (Å²) in [7, 11) is 3.07. The molecule has 0 aliphatic carbocycles. The standard InChI is InChI=1S/C12H17FN2O2S/c1-16-7-3-6-14-12(18)15-9-4-5-10(13)11(8-9)17-2/h4-5,8H,3,6-7H2,1-2H3,(H2,14,15,18). The molecule has 0 amide bonds. The van der Waals surface area contributed by atoms with Gasteiger partial charge in [-0.25, -0.2) is 4.39 Å². The molecule has 1 aromatic carbocycles. The smallest absolute Gasteiger partial charge is 0.170 e. The van der Waals surface area contributed by atoms with Crippen LogP contribution in [0.2, 0.25) is 0 Å². The summed E-state index contributed by atoms with van der Waals surface area (Å²) in [5, 5.41) is 6.46. The van der Waals surface area contributed by atoms with Crippen LogP contribution in [0.3, 0.4) is 0 Å². The number of benzene rings is 1. The molecule has 0 heterocycles. The topological polar surface area (TPSA) is 42.5 Å². The van der Waals surface area contributed by atoms with Gasteiger partial charge in [-0.2, -0.15) is 0 Å². The predicted octanol–water partition coefficient (Wildman–Crippen LogP) is 2.16. The van der Waals surface area contributed by atoms with Crippen LogP contribution in [-0.2, 0) is 4.74 Å². The molecular weight excluding hydrogens is 255 g/mol. The van der Waals surface area contributed by atoms with Crippen LogP contribution in [-0.4, -0.2) is 32.5 Å². The zero-order valence-electron chi connectivity index (χ0n) is 10.5. The van der Waals surface area contributed by atoms with E-state index in [1.807, 2.05) is 0 Å². The Labute approximate surface area is 111 Å². The minimum Gasteiger partial charge on any atom is -0.494 e. The van der Waals surface area contributed by atoms with Crippen molar-refractivity contribution >= 4 is 23.0 Å². The number of hydrogen-bond acceptors (Lipinski definition) is 3. The average Bonchev–Trinajstić information content (AvgIpc) is 2.37. The quantitative estimate of drug-likeness (QED) is 0.613. The second-order valence-electron chi connectivity index (χ2n) is 3.58. The van der Waals surface area contributed by atoms with Crippen LogP contribution >= 0.6 is 12.2 Å². The molecule has 0 saturated carbocycles. The Morgan fingerprint density at radius 2 is 2.17 bits per heavy atom. The Bertz CT molecular complexity index is 402. The highest BCUT2D eigenvalue weighted by atomic mass is 32.1. The van der Waals surface area contributed by atoms with E-state index in [0.717, 1.165) is 13.0 Å². The van der Waals surface area contributed by atoms with Crippen molar-refractivity contribution in [1.29, 1.82) is 0 Å². The highest BCUT2D eigenvalue weighted by molar-refractivity contribution is 7.80. The number of nitrogens with one attached hydrogen (secondary N) is 2. The van der Waals surface area contributed by atoms with Crippen molar-refractivity contribution in [2.24, 2.45) is 0 Å². The summed E-state index contributed by atoms with van der Waals surface area (Å²) in [6, 6.07) is 4.48. The van der Waals surface area contributed by atoms with E-state index in [1.165, 1.54) is 13.2 Å². The number of anilines is 1. The monoisotopic (exact) mass is 272 g/mol. The Hall–Kier alpha value is -1.40. The van der Waals surface area contributed by atoms with E-state index in [-0.39, 0.29) is 5.75 Å². The molecular formula is C12H17FN2O2S. The lowest BCUT2D eigenvalue weighted by Crippen LogP contribution is -2.29. The van der Waals surface area contributed by atoms with Gasteiger partial charge in [0.05, 0.1) is 7.11 Å². The number of rotatable bonds is 6. The molecule has 0 radical (unpaired) electrons. The summed E-state index contributed by atoms with van der Waals surface area (Å²) in [5.74, 6) is -0.218. The molecule has 18 heavy (non-hydrogen) atoms. The lowest BCUT2D eigenvalue weighted by molar-refractivity contribution is 0.196. The number of halogens is 1. The van der Waals surface area contributed by atoms with Crippen LogP contribution in [0.4, 0.5) is 10.1 Å². The maximum atomic E-state index is 13.2. The number of ether oxygens (including phenoxy) is 2. The Morgan fingerprint density at radius 1 is 1.39 bits per heavy atom. The van der Waals surface area contributed by atoms with Gasteiger partial charge in [-0.3, -0.25) is 0 Å². The van der Waals surface area contributed by atoms with Gasteiger partial charge in [0.1, 0.15) is 0 Å². The number of thiocarbonyl (C=S) groups is 1. The van der Waals surface area contributed by atoms with E-state index in [1.54, 1.807) is 19.2 Å². The molecule has 0 bridgehead atoms. The highest BCUT2D eigenvalue weighted by Crippen LogP contribution is 2.21. The molecule has 0 spiro atoms. The van der Waals surface area contributed by atoms with Gasteiger partial charge in [-0.15, -0.1) is 0 Å². The minimum absolute atomic E-state index is 0.183. The van der Waals surface area contributed by atoms with E-state index in [0.29, 0.717) is 17.4 Å². The van der Waals surface area contributed by atoms with Crippen LogP contribution < -0.4 is 15.4 Å². The van der Waals surface area contributed by atoms with E-state index in [4.69, 9.17) is 21.7 Å². The van der Waals surface area contributed by atoms with Crippen molar-refractivity contribution in [1.82, 2.24) is 5.32 Å². The Balaban J connectivity index is 2.44. The van der Waals surface area contributed by atoms with E-state index in [2.05, 4.69) is 10.6 Å². The van der Waals surface area contributed by atoms with Crippen LogP contribution in [0.5, 0.6) is 5.75 Å². The highest BCUT2D eigenvalue weighted by Gasteiger charge is 2.04. The lowest BCUT2D eigenvalue weighted by atomic mass is 10.3. The van der Waals surface area contributed by atoms with E-state index >= 15 is 0 Å². The fraction of sp³-hybridized carbons (Fsp3) is 0.417. The molecule has 0 fully saturated rings. The first-order chi connectivity index (χ1) is 8.67. The van der Waals surface area contributed by atoms with E-state index < -0.39 is 5.82 Å². The largest absolute Gasteiger partial charge is 0.494 e. The maximum absolute atomic E-state index is 13.2. The van der Waals surface area contributed by atoms with Crippen molar-refractivity contribution in [2.75, 3.05) is 32.7 Å². The summed E-state index contributed by atoms with van der Waals surface area (Å²) in [6.45, 7) is 1.40. The summed E-state index contributed by atoms with van der Waals surface area (Å²) in [5.41, 5.74) is 0.678. The minimum atomic E-state index is -0.401. The molecule has 0 atom stereocenters. The third kappa shape index (κ3) is 4.85. The van der Waals surface area contributed by atoms with Crippen molar-refractivity contribution in [3.63, 3.8) is 0 Å². The molecule has 1 aromatic rings. The van der Waals surface area contributed by atoms with Crippen molar-refractivity contribution in [2.45, 2.75) is 6.42 Å². The summed E-state index contributed by atoms with van der Waals surface area (Å²) in [6.07, 6.45) is 0.866. The second kappa shape index (κ2) is 7.84. The molecule has 0 aliphatic heterocycles. The Morgan fingerprint density at radius 3 is 2.83 bits per heavy atom. The van der Waals surface area contributed by atoms with Crippen LogP contribution in [0.25, 0.3) is 0 Å². The first-order valence-electron chi connectivity index (χ1n) is 5.54. The molecule has 0 aromatic heterocycles. The van der Waals surface area contributed by atoms with Gasteiger partial charge >= 0.3 is 0 Å². The van der Waals surface area contributed by atoms with Gasteiger partial charge in [0.2, 0.25) is 0 Å². The molecule has 100 valence electrons. The second-order valence-corrected chi connectivity index (χ2v) is 3.98. The average molecular weight is 272 g/mol. The third-order valence-electron chi connectivity index (χ3n) is 2.22. The zero-order valence-corrected chi connectivity index (χ0v) is 11.3. The normalized spacial score (nSPS) is 9.94. The molecule has 1 rings (SSSR count). The first-order valence-corrected chi connectivity index (χ1v) is 5.95. The van der Waals surface area contributed by atoms with Gasteiger partial charge in [0.25, 0.3) is 0 Å². The van der Waals surface area contributed by atoms with Crippen molar-refractivity contribution in [3.8, 4) is 5.75 Å². The predicted molar refractivity (Wildman–Crippen MR) is 73.7 cm³/mol. The molecule has 0 aliphatic rings. The Kier molecular flexibility index (Phi) is 6.38. The summed E-state index contributed by atoms with van der Waals surface area (Å²) < 4.78 is 23.0. The molecule has 0 saturated heterocycles. The van der Waals surface area contributed by atoms with Gasteiger partial charge in [0.15, 0.2) is 16.7 Å². The van der Waals surface area contributed by atoms with Crippen LogP contribution in [0.15, 0.2) is 18.2 Å². The maximum Gasteiger partial charge on any atom is 0.170 e. The molecule has 4 nitrogen and oxygen atoms in total. The molecule has 0 unspecified atom stereocenters. The van der Waals surface area contributed by atoms with Crippen molar-refractivity contribution < 1.29 is 13.9 Å². The van der Waals surface area contributed by atoms with Crippen molar-refractivity contribution in [3.05, 3.63) is 24.0 Å². The summed E-state index contributed by atoms with van der Waals surface area (Å²) in [4.78, 5) is 0. The van der Waals surface area contributed by atoms with Gasteiger partial charge < -0.3 is 20.1 Å².